The third kappa shape index (κ3) is 4.25. The van der Waals surface area contributed by atoms with E-state index < -0.39 is 0 Å². The summed E-state index contributed by atoms with van der Waals surface area (Å²) in [5.41, 5.74) is 2.48. The van der Waals surface area contributed by atoms with Crippen molar-refractivity contribution in [2.75, 3.05) is 7.05 Å². The summed E-state index contributed by atoms with van der Waals surface area (Å²) in [4.78, 5) is 1.28. The van der Waals surface area contributed by atoms with Crippen LogP contribution >= 0.6 is 39.3 Å². The predicted molar refractivity (Wildman–Crippen MR) is 87.9 cm³/mol. The molecule has 19 heavy (non-hydrogen) atoms. The maximum Gasteiger partial charge on any atom is 0.0446 e. The van der Waals surface area contributed by atoms with Crippen molar-refractivity contribution in [1.82, 2.24) is 5.32 Å². The molecule has 0 aliphatic heterocycles. The highest BCUT2D eigenvalue weighted by Crippen LogP contribution is 2.31. The third-order valence-corrected chi connectivity index (χ3v) is 4.75. The summed E-state index contributed by atoms with van der Waals surface area (Å²) in [5, 5.41) is 4.03. The molecule has 0 saturated carbocycles. The minimum absolute atomic E-state index is 0.833. The van der Waals surface area contributed by atoms with Crippen LogP contribution in [0.15, 0.2) is 51.8 Å². The van der Waals surface area contributed by atoms with Crippen molar-refractivity contribution in [3.05, 3.63) is 63.1 Å². The van der Waals surface area contributed by atoms with Crippen LogP contribution in [-0.4, -0.2) is 7.05 Å². The molecule has 2 aromatic carbocycles. The molecule has 2 aromatic rings. The van der Waals surface area contributed by atoms with Crippen LogP contribution in [0.4, 0.5) is 0 Å². The second-order valence-electron chi connectivity index (χ2n) is 4.16. The number of hydrogen-bond acceptors (Lipinski definition) is 2. The largest absolute Gasteiger partial charge is 0.316 e. The van der Waals surface area contributed by atoms with Crippen molar-refractivity contribution >= 4 is 39.3 Å². The van der Waals surface area contributed by atoms with Crippen molar-refractivity contribution in [2.45, 2.75) is 17.2 Å². The standard InChI is InChI=1S/C15H15BrClNS/c1-18-9-11-6-7-13(16)8-15(11)19-10-12-4-2-3-5-14(12)17/h2-8,18H,9-10H2,1H3. The lowest BCUT2D eigenvalue weighted by Crippen LogP contribution is -2.06. The van der Waals surface area contributed by atoms with E-state index in [0.29, 0.717) is 0 Å². The molecular weight excluding hydrogens is 342 g/mol. The highest BCUT2D eigenvalue weighted by atomic mass is 79.9. The minimum Gasteiger partial charge on any atom is -0.316 e. The zero-order chi connectivity index (χ0) is 13.7. The van der Waals surface area contributed by atoms with Gasteiger partial charge in [0.1, 0.15) is 0 Å². The Morgan fingerprint density at radius 1 is 1.16 bits per heavy atom. The zero-order valence-corrected chi connectivity index (χ0v) is 13.8. The van der Waals surface area contributed by atoms with Crippen molar-refractivity contribution in [3.8, 4) is 0 Å². The summed E-state index contributed by atoms with van der Waals surface area (Å²) in [6.07, 6.45) is 0. The SMILES string of the molecule is CNCc1ccc(Br)cc1SCc1ccccc1Cl. The maximum absolute atomic E-state index is 6.19. The molecule has 0 aromatic heterocycles. The Kier molecular flexibility index (Phi) is 5.76. The molecule has 0 aliphatic carbocycles. The summed E-state index contributed by atoms with van der Waals surface area (Å²) < 4.78 is 1.11. The van der Waals surface area contributed by atoms with Gasteiger partial charge in [-0.3, -0.25) is 0 Å². The predicted octanol–water partition coefficient (Wildman–Crippen LogP) is 5.11. The molecule has 2 rings (SSSR count). The van der Waals surface area contributed by atoms with Crippen LogP contribution in [0.1, 0.15) is 11.1 Å². The number of rotatable bonds is 5. The van der Waals surface area contributed by atoms with E-state index in [9.17, 15) is 0 Å². The third-order valence-electron chi connectivity index (χ3n) is 2.74. The average Bonchev–Trinajstić information content (AvgIpc) is 2.41. The molecule has 0 unspecified atom stereocenters. The smallest absolute Gasteiger partial charge is 0.0446 e. The molecule has 1 N–H and O–H groups in total. The van der Waals surface area contributed by atoms with E-state index in [2.05, 4.69) is 45.5 Å². The van der Waals surface area contributed by atoms with Gasteiger partial charge in [0.15, 0.2) is 0 Å². The first-order chi connectivity index (χ1) is 9.20. The summed E-state index contributed by atoms with van der Waals surface area (Å²) >= 11 is 11.5. The number of hydrogen-bond donors (Lipinski definition) is 1. The minimum atomic E-state index is 0.833. The second kappa shape index (κ2) is 7.34. The van der Waals surface area contributed by atoms with Crippen LogP contribution in [0.3, 0.4) is 0 Å². The molecule has 0 radical (unpaired) electrons. The zero-order valence-electron chi connectivity index (χ0n) is 10.6. The molecule has 0 heterocycles. The van der Waals surface area contributed by atoms with E-state index in [1.807, 2.05) is 37.0 Å². The Bertz CT molecular complexity index is 560. The molecule has 0 amide bonds. The van der Waals surface area contributed by atoms with Gasteiger partial charge in [-0.15, -0.1) is 11.8 Å². The van der Waals surface area contributed by atoms with E-state index in [-0.39, 0.29) is 0 Å². The van der Waals surface area contributed by atoms with Gasteiger partial charge in [-0.2, -0.15) is 0 Å². The monoisotopic (exact) mass is 355 g/mol. The molecule has 4 heteroatoms. The quantitative estimate of drug-likeness (QED) is 0.747. The van der Waals surface area contributed by atoms with E-state index in [1.54, 1.807) is 0 Å². The Balaban J connectivity index is 2.14. The fourth-order valence-electron chi connectivity index (χ4n) is 1.77. The van der Waals surface area contributed by atoms with Gasteiger partial charge in [-0.1, -0.05) is 51.8 Å². The average molecular weight is 357 g/mol. The molecule has 0 saturated heterocycles. The van der Waals surface area contributed by atoms with Crippen molar-refractivity contribution in [2.24, 2.45) is 0 Å². The van der Waals surface area contributed by atoms with Gasteiger partial charge in [-0.25, -0.2) is 0 Å². The number of benzene rings is 2. The van der Waals surface area contributed by atoms with Crippen LogP contribution in [-0.2, 0) is 12.3 Å². The number of halogens is 2. The Hall–Kier alpha value is -0.480. The van der Waals surface area contributed by atoms with Crippen LogP contribution < -0.4 is 5.32 Å². The molecule has 0 atom stereocenters. The van der Waals surface area contributed by atoms with Crippen molar-refractivity contribution in [1.29, 1.82) is 0 Å². The molecule has 0 aliphatic rings. The van der Waals surface area contributed by atoms with Gasteiger partial charge in [0.25, 0.3) is 0 Å². The fourth-order valence-corrected chi connectivity index (χ4v) is 3.66. The lowest BCUT2D eigenvalue weighted by molar-refractivity contribution is 0.803. The van der Waals surface area contributed by atoms with E-state index in [1.165, 1.54) is 16.0 Å². The highest BCUT2D eigenvalue weighted by molar-refractivity contribution is 9.10. The lowest BCUT2D eigenvalue weighted by Gasteiger charge is -2.10. The van der Waals surface area contributed by atoms with Crippen LogP contribution in [0, 0.1) is 0 Å². The summed E-state index contributed by atoms with van der Waals surface area (Å²) in [6.45, 7) is 0.873. The van der Waals surface area contributed by atoms with Crippen LogP contribution in [0.5, 0.6) is 0 Å². The molecule has 0 spiro atoms. The fraction of sp³-hybridized carbons (Fsp3) is 0.200. The maximum atomic E-state index is 6.19. The van der Waals surface area contributed by atoms with E-state index >= 15 is 0 Å². The number of thioether (sulfide) groups is 1. The lowest BCUT2D eigenvalue weighted by atomic mass is 10.2. The first-order valence-corrected chi connectivity index (χ1v) is 8.15. The van der Waals surface area contributed by atoms with Gasteiger partial charge >= 0.3 is 0 Å². The van der Waals surface area contributed by atoms with Crippen LogP contribution in [0.2, 0.25) is 5.02 Å². The second-order valence-corrected chi connectivity index (χ2v) is 6.50. The topological polar surface area (TPSA) is 12.0 Å². The van der Waals surface area contributed by atoms with E-state index in [0.717, 1.165) is 21.8 Å². The van der Waals surface area contributed by atoms with Gasteiger partial charge < -0.3 is 5.32 Å². The highest BCUT2D eigenvalue weighted by Gasteiger charge is 2.06. The Morgan fingerprint density at radius 2 is 1.95 bits per heavy atom. The van der Waals surface area contributed by atoms with Gasteiger partial charge in [0, 0.05) is 26.7 Å². The van der Waals surface area contributed by atoms with Gasteiger partial charge in [-0.05, 0) is 36.4 Å². The van der Waals surface area contributed by atoms with Crippen molar-refractivity contribution < 1.29 is 0 Å². The Morgan fingerprint density at radius 3 is 2.68 bits per heavy atom. The first kappa shape index (κ1) is 14.9. The normalized spacial score (nSPS) is 10.7. The molecule has 1 nitrogen and oxygen atoms in total. The van der Waals surface area contributed by atoms with Crippen molar-refractivity contribution in [3.63, 3.8) is 0 Å². The summed E-state index contributed by atoms with van der Waals surface area (Å²) in [6, 6.07) is 14.4. The molecule has 100 valence electrons. The molecule has 0 fully saturated rings. The van der Waals surface area contributed by atoms with Crippen LogP contribution in [0.25, 0.3) is 0 Å². The molecule has 0 bridgehead atoms. The van der Waals surface area contributed by atoms with Gasteiger partial charge in [0.2, 0.25) is 0 Å². The Labute approximate surface area is 131 Å². The van der Waals surface area contributed by atoms with E-state index in [4.69, 9.17) is 11.6 Å². The molecular formula is C15H15BrClNS. The van der Waals surface area contributed by atoms with Gasteiger partial charge in [0.05, 0.1) is 0 Å². The first-order valence-electron chi connectivity index (χ1n) is 6.00. The summed E-state index contributed by atoms with van der Waals surface area (Å²) in [7, 11) is 1.96. The number of nitrogens with one attached hydrogen (secondary N) is 1. The summed E-state index contributed by atoms with van der Waals surface area (Å²) in [5.74, 6) is 0.882.